The highest BCUT2D eigenvalue weighted by molar-refractivity contribution is 6.32. The lowest BCUT2D eigenvalue weighted by molar-refractivity contribution is -0.539. The summed E-state index contributed by atoms with van der Waals surface area (Å²) in [7, 11) is 1.88. The molecule has 2 aromatic rings. The molecule has 0 atom stereocenters. The Balaban J connectivity index is 2.54. The van der Waals surface area contributed by atoms with Gasteiger partial charge in [-0.2, -0.15) is 0 Å². The summed E-state index contributed by atoms with van der Waals surface area (Å²) in [5.41, 5.74) is 2.78. The van der Waals surface area contributed by atoms with Crippen molar-refractivity contribution in [3.63, 3.8) is 0 Å². The summed E-state index contributed by atoms with van der Waals surface area (Å²) < 4.78 is 0. The normalized spacial score (nSPS) is 10.6. The van der Waals surface area contributed by atoms with Gasteiger partial charge < -0.3 is 10.7 Å². The molecule has 0 aliphatic heterocycles. The number of nitrogens with one attached hydrogen (secondary N) is 1. The van der Waals surface area contributed by atoms with Crippen molar-refractivity contribution in [2.24, 2.45) is 0 Å². The Morgan fingerprint density at radius 3 is 2.55 bits per heavy atom. The topological polar surface area (TPSA) is 66.2 Å². The zero-order chi connectivity index (χ0) is 14.5. The molecule has 0 radical (unpaired) electrons. The van der Waals surface area contributed by atoms with Gasteiger partial charge in [-0.1, -0.05) is 55.3 Å². The van der Waals surface area contributed by atoms with Gasteiger partial charge in [-0.3, -0.25) is 0 Å². The minimum Gasteiger partial charge on any atom is -0.312 e. The van der Waals surface area contributed by atoms with E-state index in [0.29, 0.717) is 28.8 Å². The van der Waals surface area contributed by atoms with E-state index >= 15 is 0 Å². The van der Waals surface area contributed by atoms with Crippen molar-refractivity contribution < 1.29 is 5.32 Å². The van der Waals surface area contributed by atoms with E-state index in [1.54, 1.807) is 0 Å². The van der Waals surface area contributed by atoms with Crippen LogP contribution in [0.4, 0.5) is 5.69 Å². The Kier molecular flexibility index (Phi) is 4.82. The second-order valence-electron chi connectivity index (χ2n) is 4.48. The van der Waals surface area contributed by atoms with E-state index < -0.39 is 0 Å². The lowest BCUT2D eigenvalue weighted by Gasteiger charge is -2.09. The summed E-state index contributed by atoms with van der Waals surface area (Å²) in [5, 5.41) is 10.4. The second kappa shape index (κ2) is 6.59. The Hall–Kier alpha value is -1.78. The number of hydrogen-bond acceptors (Lipinski definition) is 3. The fourth-order valence-electron chi connectivity index (χ4n) is 2.01. The molecule has 20 heavy (non-hydrogen) atoms. The molecule has 0 unspecified atom stereocenters. The predicted octanol–water partition coefficient (Wildman–Crippen LogP) is 2.79. The van der Waals surface area contributed by atoms with Gasteiger partial charge in [0.05, 0.1) is 12.8 Å². The first-order valence-corrected chi connectivity index (χ1v) is 7.05. The van der Waals surface area contributed by atoms with E-state index in [1.165, 1.54) is 0 Å². The van der Waals surface area contributed by atoms with Crippen molar-refractivity contribution in [1.29, 1.82) is 5.41 Å². The lowest BCUT2D eigenvalue weighted by atomic mass is 10.1. The molecule has 0 saturated carbocycles. The van der Waals surface area contributed by atoms with Gasteiger partial charge in [0.15, 0.2) is 22.4 Å². The molecule has 0 bridgehead atoms. The number of hydrogen-bond donors (Lipinski definition) is 2. The Morgan fingerprint density at radius 1 is 1.25 bits per heavy atom. The van der Waals surface area contributed by atoms with E-state index in [2.05, 4.69) is 9.97 Å². The zero-order valence-electron chi connectivity index (χ0n) is 11.7. The highest BCUT2D eigenvalue weighted by atomic mass is 35.5. The van der Waals surface area contributed by atoms with Gasteiger partial charge in [0.2, 0.25) is 0 Å². The quantitative estimate of drug-likeness (QED) is 0.656. The van der Waals surface area contributed by atoms with Crippen LogP contribution < -0.4 is 5.32 Å². The summed E-state index contributed by atoms with van der Waals surface area (Å²) in [6, 6.07) is 9.69. The van der Waals surface area contributed by atoms with E-state index in [9.17, 15) is 0 Å². The molecule has 0 saturated heterocycles. The number of nitrogens with two attached hydrogens (primary N) is 1. The van der Waals surface area contributed by atoms with E-state index in [1.807, 2.05) is 49.6 Å². The molecule has 5 heteroatoms. The summed E-state index contributed by atoms with van der Waals surface area (Å²) in [4.78, 5) is 8.89. The molecule has 0 aliphatic carbocycles. The molecule has 1 heterocycles. The van der Waals surface area contributed by atoms with Crippen LogP contribution in [0, 0.1) is 5.41 Å². The van der Waals surface area contributed by atoms with Crippen LogP contribution in [0.25, 0.3) is 11.4 Å². The molecule has 0 amide bonds. The predicted molar refractivity (Wildman–Crippen MR) is 81.7 cm³/mol. The molecular formula is C15H18ClN4+. The number of benzene rings is 1. The zero-order valence-corrected chi connectivity index (χ0v) is 12.4. The molecule has 4 nitrogen and oxygen atoms in total. The van der Waals surface area contributed by atoms with Crippen LogP contribution in [0.5, 0.6) is 0 Å². The van der Waals surface area contributed by atoms with Crippen LogP contribution in [-0.4, -0.2) is 22.7 Å². The fraction of sp³-hybridized carbons (Fsp3) is 0.267. The minimum atomic E-state index is 0.400. The lowest BCUT2D eigenvalue weighted by Crippen LogP contribution is -2.73. The molecule has 0 fully saturated rings. The molecule has 1 aromatic heterocycles. The number of aromatic nitrogens is 2. The van der Waals surface area contributed by atoms with Crippen molar-refractivity contribution in [2.45, 2.75) is 19.8 Å². The van der Waals surface area contributed by atoms with E-state index in [-0.39, 0.29) is 0 Å². The first-order chi connectivity index (χ1) is 9.67. The number of quaternary nitrogens is 1. The first-order valence-electron chi connectivity index (χ1n) is 6.67. The molecule has 104 valence electrons. The monoisotopic (exact) mass is 289 g/mol. The Labute approximate surface area is 123 Å². The third kappa shape index (κ3) is 3.03. The SMILES string of the molecule is CCCC(=N)c1nc(-c2ccccc2)nc(Cl)c1[NH2+]C. The number of halogens is 1. The van der Waals surface area contributed by atoms with Crippen LogP contribution in [0.15, 0.2) is 30.3 Å². The second-order valence-corrected chi connectivity index (χ2v) is 4.84. The molecule has 3 N–H and O–H groups in total. The average molecular weight is 290 g/mol. The van der Waals surface area contributed by atoms with Crippen LogP contribution >= 0.6 is 11.6 Å². The molecule has 0 aliphatic rings. The summed E-state index contributed by atoms with van der Waals surface area (Å²) in [5.74, 6) is 0.567. The maximum absolute atomic E-state index is 8.16. The molecule has 2 rings (SSSR count). The van der Waals surface area contributed by atoms with Gasteiger partial charge in [-0.25, -0.2) is 9.97 Å². The first kappa shape index (κ1) is 14.6. The highest BCUT2D eigenvalue weighted by Gasteiger charge is 2.19. The number of rotatable bonds is 5. The standard InChI is InChI=1S/C15H17ClN4/c1-3-7-11(17)12-13(18-2)14(16)20-15(19-12)10-8-5-4-6-9-10/h4-6,8-9,17-18H,3,7H2,1-2H3/p+1. The summed E-state index contributed by atoms with van der Waals surface area (Å²) in [6.45, 7) is 2.05. The van der Waals surface area contributed by atoms with Crippen molar-refractivity contribution in [2.75, 3.05) is 7.05 Å². The van der Waals surface area contributed by atoms with Crippen LogP contribution in [0.1, 0.15) is 25.5 Å². The summed E-state index contributed by atoms with van der Waals surface area (Å²) in [6.07, 6.45) is 1.59. The third-order valence-corrected chi connectivity index (χ3v) is 3.29. The van der Waals surface area contributed by atoms with Crippen molar-refractivity contribution >= 4 is 23.0 Å². The number of nitrogens with zero attached hydrogens (tertiary/aromatic N) is 2. The maximum Gasteiger partial charge on any atom is 0.195 e. The minimum absolute atomic E-state index is 0.400. The Bertz CT molecular complexity index is 611. The average Bonchev–Trinajstić information content (AvgIpc) is 2.47. The van der Waals surface area contributed by atoms with Crippen LogP contribution in [-0.2, 0) is 0 Å². The van der Waals surface area contributed by atoms with Gasteiger partial charge in [0.25, 0.3) is 0 Å². The highest BCUT2D eigenvalue weighted by Crippen LogP contribution is 2.24. The molecule has 1 aromatic carbocycles. The van der Waals surface area contributed by atoms with Crippen molar-refractivity contribution in [3.8, 4) is 11.4 Å². The summed E-state index contributed by atoms with van der Waals surface area (Å²) >= 11 is 6.25. The molecular weight excluding hydrogens is 272 g/mol. The van der Waals surface area contributed by atoms with Crippen molar-refractivity contribution in [3.05, 3.63) is 41.2 Å². The fourth-order valence-corrected chi connectivity index (χ4v) is 2.29. The van der Waals surface area contributed by atoms with Gasteiger partial charge in [-0.05, 0) is 6.42 Å². The smallest absolute Gasteiger partial charge is 0.195 e. The van der Waals surface area contributed by atoms with Gasteiger partial charge >= 0.3 is 0 Å². The molecule has 0 spiro atoms. The van der Waals surface area contributed by atoms with E-state index in [4.69, 9.17) is 17.0 Å². The van der Waals surface area contributed by atoms with Crippen molar-refractivity contribution in [1.82, 2.24) is 9.97 Å². The Morgan fingerprint density at radius 2 is 1.95 bits per heavy atom. The maximum atomic E-state index is 8.16. The van der Waals surface area contributed by atoms with Gasteiger partial charge in [-0.15, -0.1) is 0 Å². The van der Waals surface area contributed by atoms with Crippen LogP contribution in [0.2, 0.25) is 5.15 Å². The van der Waals surface area contributed by atoms with Gasteiger partial charge in [0, 0.05) is 5.56 Å². The van der Waals surface area contributed by atoms with Crippen LogP contribution in [0.3, 0.4) is 0 Å². The third-order valence-electron chi connectivity index (χ3n) is 3.01. The van der Waals surface area contributed by atoms with Gasteiger partial charge in [0.1, 0.15) is 0 Å². The van der Waals surface area contributed by atoms with E-state index in [0.717, 1.165) is 17.7 Å². The largest absolute Gasteiger partial charge is 0.312 e.